The van der Waals surface area contributed by atoms with E-state index < -0.39 is 5.76 Å². The Morgan fingerprint density at radius 2 is 2.00 bits per heavy atom. The highest BCUT2D eigenvalue weighted by molar-refractivity contribution is 7.99. The number of halogens is 2. The maximum Gasteiger partial charge on any atom is 0.291 e. The molecule has 2 aromatic heterocycles. The van der Waals surface area contributed by atoms with Gasteiger partial charge in [0.1, 0.15) is 0 Å². The van der Waals surface area contributed by atoms with Gasteiger partial charge in [0.2, 0.25) is 11.1 Å². The molecule has 0 fully saturated rings. The van der Waals surface area contributed by atoms with Crippen LogP contribution in [0.15, 0.2) is 41.6 Å². The average Bonchev–Trinajstić information content (AvgIpc) is 2.97. The number of amides is 1. The molecule has 3 aromatic rings. The van der Waals surface area contributed by atoms with Crippen LogP contribution < -0.4 is 5.32 Å². The van der Waals surface area contributed by atoms with Gasteiger partial charge < -0.3 is 5.32 Å². The summed E-state index contributed by atoms with van der Waals surface area (Å²) in [6.45, 7) is 5.57. The summed E-state index contributed by atoms with van der Waals surface area (Å²) in [6, 6.07) is 11.0. The molecule has 0 saturated heterocycles. The van der Waals surface area contributed by atoms with E-state index in [1.807, 2.05) is 45.0 Å². The number of rotatable bonds is 5. The third-order valence-corrected chi connectivity index (χ3v) is 4.33. The maximum atomic E-state index is 12.6. The molecule has 0 bridgehead atoms. The first kappa shape index (κ1) is 18.3. The number of alkyl halides is 2. The van der Waals surface area contributed by atoms with Gasteiger partial charge in [-0.25, -0.2) is 9.50 Å². The van der Waals surface area contributed by atoms with Crippen molar-refractivity contribution in [2.45, 2.75) is 31.7 Å². The lowest BCUT2D eigenvalue weighted by molar-refractivity contribution is -0.118. The summed E-state index contributed by atoms with van der Waals surface area (Å²) in [5, 5.41) is 7.11. The standard InChI is InChI=1S/C18H18F2N4OS/c1-10(2)16(25)21-13-8-7-11(3)9-12(13)14-5-4-6-15-22-18(23-24(14)15)26-17(19)20/h4-10,17H,1-3H3,(H,21,25). The van der Waals surface area contributed by atoms with Crippen molar-refractivity contribution < 1.29 is 13.6 Å². The zero-order valence-electron chi connectivity index (χ0n) is 14.5. The molecule has 3 rings (SSSR count). The Kier molecular flexibility index (Phi) is 5.22. The van der Waals surface area contributed by atoms with Crippen molar-refractivity contribution in [2.24, 2.45) is 5.92 Å². The van der Waals surface area contributed by atoms with Crippen molar-refractivity contribution in [2.75, 3.05) is 5.32 Å². The minimum Gasteiger partial charge on any atom is -0.325 e. The first-order valence-electron chi connectivity index (χ1n) is 8.07. The van der Waals surface area contributed by atoms with Crippen LogP contribution in [-0.2, 0) is 4.79 Å². The fourth-order valence-corrected chi connectivity index (χ4v) is 2.91. The first-order valence-corrected chi connectivity index (χ1v) is 8.95. The summed E-state index contributed by atoms with van der Waals surface area (Å²) in [4.78, 5) is 16.3. The maximum absolute atomic E-state index is 12.6. The van der Waals surface area contributed by atoms with Crippen molar-refractivity contribution >= 4 is 29.0 Å². The largest absolute Gasteiger partial charge is 0.325 e. The topological polar surface area (TPSA) is 59.3 Å². The number of nitrogens with zero attached hydrogens (tertiary/aromatic N) is 3. The molecule has 0 aliphatic carbocycles. The van der Waals surface area contributed by atoms with Gasteiger partial charge in [-0.3, -0.25) is 4.79 Å². The predicted molar refractivity (Wildman–Crippen MR) is 98.5 cm³/mol. The van der Waals surface area contributed by atoms with E-state index in [4.69, 9.17) is 0 Å². The summed E-state index contributed by atoms with van der Waals surface area (Å²) >= 11 is 0.304. The molecule has 26 heavy (non-hydrogen) atoms. The Labute approximate surface area is 153 Å². The summed E-state index contributed by atoms with van der Waals surface area (Å²) in [5.41, 5.74) is 3.53. The fourth-order valence-electron chi connectivity index (χ4n) is 2.48. The number of hydrogen-bond donors (Lipinski definition) is 1. The van der Waals surface area contributed by atoms with Crippen LogP contribution in [0.1, 0.15) is 19.4 Å². The van der Waals surface area contributed by atoms with E-state index >= 15 is 0 Å². The molecule has 8 heteroatoms. The lowest BCUT2D eigenvalue weighted by Gasteiger charge is -2.14. The van der Waals surface area contributed by atoms with Crippen molar-refractivity contribution in [1.82, 2.24) is 14.6 Å². The average molecular weight is 376 g/mol. The van der Waals surface area contributed by atoms with E-state index in [1.165, 1.54) is 4.52 Å². The van der Waals surface area contributed by atoms with Gasteiger partial charge in [-0.15, -0.1) is 5.10 Å². The Morgan fingerprint density at radius 1 is 1.23 bits per heavy atom. The van der Waals surface area contributed by atoms with Gasteiger partial charge >= 0.3 is 0 Å². The number of hydrogen-bond acceptors (Lipinski definition) is 4. The Morgan fingerprint density at radius 3 is 2.69 bits per heavy atom. The second-order valence-corrected chi connectivity index (χ2v) is 7.10. The summed E-state index contributed by atoms with van der Waals surface area (Å²) < 4.78 is 26.8. The predicted octanol–water partition coefficient (Wildman–Crippen LogP) is 4.61. The van der Waals surface area contributed by atoms with Crippen LogP contribution in [0.2, 0.25) is 0 Å². The second kappa shape index (κ2) is 7.41. The molecule has 0 unspecified atom stereocenters. The number of nitrogens with one attached hydrogen (secondary N) is 1. The van der Waals surface area contributed by atoms with Crippen LogP contribution in [0.4, 0.5) is 14.5 Å². The highest BCUT2D eigenvalue weighted by atomic mass is 32.2. The minimum absolute atomic E-state index is 0.00729. The van der Waals surface area contributed by atoms with E-state index in [0.717, 1.165) is 11.1 Å². The number of thioether (sulfide) groups is 1. The molecule has 1 N–H and O–H groups in total. The molecule has 1 amide bonds. The first-order chi connectivity index (χ1) is 12.3. The molecule has 0 saturated carbocycles. The fraction of sp³-hybridized carbons (Fsp3) is 0.278. The Hall–Kier alpha value is -2.48. The molecule has 0 atom stereocenters. The Bertz CT molecular complexity index is 956. The Balaban J connectivity index is 2.12. The van der Waals surface area contributed by atoms with Crippen LogP contribution in [0, 0.1) is 12.8 Å². The van der Waals surface area contributed by atoms with Crippen molar-refractivity contribution in [3.05, 3.63) is 42.0 Å². The number of anilines is 1. The van der Waals surface area contributed by atoms with E-state index in [2.05, 4.69) is 15.4 Å². The van der Waals surface area contributed by atoms with Crippen molar-refractivity contribution in [3.8, 4) is 11.3 Å². The number of aromatic nitrogens is 3. The van der Waals surface area contributed by atoms with Crippen LogP contribution in [0.3, 0.4) is 0 Å². The molecule has 136 valence electrons. The number of benzene rings is 1. The van der Waals surface area contributed by atoms with E-state index in [1.54, 1.807) is 12.1 Å². The summed E-state index contributed by atoms with van der Waals surface area (Å²) in [6.07, 6.45) is 0. The van der Waals surface area contributed by atoms with Gasteiger partial charge in [0, 0.05) is 11.5 Å². The number of pyridine rings is 1. The van der Waals surface area contributed by atoms with E-state index in [9.17, 15) is 13.6 Å². The molecule has 5 nitrogen and oxygen atoms in total. The normalized spacial score (nSPS) is 11.5. The van der Waals surface area contributed by atoms with Crippen LogP contribution in [0.5, 0.6) is 0 Å². The number of carbonyl (C=O) groups is 1. The van der Waals surface area contributed by atoms with E-state index in [0.29, 0.717) is 28.8 Å². The zero-order valence-corrected chi connectivity index (χ0v) is 15.3. The molecule has 1 aromatic carbocycles. The van der Waals surface area contributed by atoms with Gasteiger partial charge in [0.25, 0.3) is 5.76 Å². The molecular weight excluding hydrogens is 358 g/mol. The van der Waals surface area contributed by atoms with Gasteiger partial charge in [-0.05, 0) is 43.0 Å². The molecule has 2 heterocycles. The minimum atomic E-state index is -2.59. The monoisotopic (exact) mass is 376 g/mol. The van der Waals surface area contributed by atoms with Crippen LogP contribution >= 0.6 is 11.8 Å². The number of carbonyl (C=O) groups excluding carboxylic acids is 1. The molecule has 0 radical (unpaired) electrons. The quantitative estimate of drug-likeness (QED) is 0.661. The van der Waals surface area contributed by atoms with Crippen molar-refractivity contribution in [1.29, 1.82) is 0 Å². The number of fused-ring (bicyclic) bond motifs is 1. The molecule has 0 aliphatic rings. The van der Waals surface area contributed by atoms with Gasteiger partial charge in [-0.1, -0.05) is 31.5 Å². The smallest absolute Gasteiger partial charge is 0.291 e. The lowest BCUT2D eigenvalue weighted by Crippen LogP contribution is -2.18. The molecule has 0 aliphatic heterocycles. The summed E-state index contributed by atoms with van der Waals surface area (Å²) in [7, 11) is 0. The second-order valence-electron chi connectivity index (χ2n) is 6.15. The third-order valence-electron chi connectivity index (χ3n) is 3.77. The summed E-state index contributed by atoms with van der Waals surface area (Å²) in [5.74, 6) is -2.86. The SMILES string of the molecule is Cc1ccc(NC(=O)C(C)C)c(-c2cccc3nc(SC(F)F)nn23)c1. The highest BCUT2D eigenvalue weighted by Crippen LogP contribution is 2.31. The molecule has 0 spiro atoms. The van der Waals surface area contributed by atoms with Crippen molar-refractivity contribution in [3.63, 3.8) is 0 Å². The lowest BCUT2D eigenvalue weighted by atomic mass is 10.0. The van der Waals surface area contributed by atoms with E-state index in [-0.39, 0.29) is 17.0 Å². The third kappa shape index (κ3) is 3.85. The van der Waals surface area contributed by atoms with Crippen LogP contribution in [0.25, 0.3) is 16.9 Å². The zero-order chi connectivity index (χ0) is 18.8. The highest BCUT2D eigenvalue weighted by Gasteiger charge is 2.17. The molecular formula is C18H18F2N4OS. The number of aryl methyl sites for hydroxylation is 1. The van der Waals surface area contributed by atoms with Gasteiger partial charge in [0.15, 0.2) is 5.65 Å². The van der Waals surface area contributed by atoms with Gasteiger partial charge in [0.05, 0.1) is 11.4 Å². The van der Waals surface area contributed by atoms with Gasteiger partial charge in [-0.2, -0.15) is 8.78 Å². The van der Waals surface area contributed by atoms with Crippen LogP contribution in [-0.4, -0.2) is 26.3 Å².